The zero-order chi connectivity index (χ0) is 19.5. The number of halogens is 1. The number of carboxylic acid groups (broad SMARTS) is 1. The first kappa shape index (κ1) is 19.5. The summed E-state index contributed by atoms with van der Waals surface area (Å²) >= 11 is 0. The summed E-state index contributed by atoms with van der Waals surface area (Å²) in [6.07, 6.45) is 0. The fourth-order valence-electron chi connectivity index (χ4n) is 2.34. The number of carbonyl (C=O) groups excluding carboxylic acids is 1. The van der Waals surface area contributed by atoms with Crippen LogP contribution in [0.15, 0.2) is 24.3 Å². The van der Waals surface area contributed by atoms with E-state index in [0.29, 0.717) is 5.82 Å². The number of nitrogens with zero attached hydrogens (tertiary/aromatic N) is 3. The summed E-state index contributed by atoms with van der Waals surface area (Å²) in [7, 11) is 1.33. The molecule has 1 atom stereocenters. The third kappa shape index (κ3) is 3.88. The number of rotatable bonds is 7. The minimum absolute atomic E-state index is 0.145. The number of aromatic nitrogens is 3. The van der Waals surface area contributed by atoms with E-state index >= 15 is 0 Å². The SMILES string of the molecule is COCC(C)(NC(=O)c1nc(C(C)C)n(-c2ccccc2F)n1)C(=O)O. The third-order valence-electron chi connectivity index (χ3n) is 3.73. The van der Waals surface area contributed by atoms with E-state index in [0.717, 1.165) is 0 Å². The first-order valence-electron chi connectivity index (χ1n) is 7.96. The Hall–Kier alpha value is -2.81. The quantitative estimate of drug-likeness (QED) is 0.775. The Balaban J connectivity index is 2.42. The van der Waals surface area contributed by atoms with E-state index < -0.39 is 23.2 Å². The predicted molar refractivity (Wildman–Crippen MR) is 90.8 cm³/mol. The van der Waals surface area contributed by atoms with Gasteiger partial charge in [0.05, 0.1) is 6.61 Å². The van der Waals surface area contributed by atoms with Gasteiger partial charge in [0.25, 0.3) is 5.91 Å². The molecule has 1 aromatic heterocycles. The minimum Gasteiger partial charge on any atom is -0.479 e. The highest BCUT2D eigenvalue weighted by atomic mass is 19.1. The molecule has 0 bridgehead atoms. The Kier molecular flexibility index (Phi) is 5.71. The molecule has 1 heterocycles. The van der Waals surface area contributed by atoms with Crippen LogP contribution in [0.5, 0.6) is 0 Å². The van der Waals surface area contributed by atoms with Crippen LogP contribution < -0.4 is 5.32 Å². The Morgan fingerprint density at radius 1 is 1.38 bits per heavy atom. The van der Waals surface area contributed by atoms with Crippen molar-refractivity contribution in [1.29, 1.82) is 0 Å². The molecule has 2 N–H and O–H groups in total. The topological polar surface area (TPSA) is 106 Å². The molecule has 0 fully saturated rings. The van der Waals surface area contributed by atoms with Crippen molar-refractivity contribution >= 4 is 11.9 Å². The Morgan fingerprint density at radius 3 is 2.58 bits per heavy atom. The van der Waals surface area contributed by atoms with Gasteiger partial charge in [-0.05, 0) is 19.1 Å². The first-order valence-corrected chi connectivity index (χ1v) is 7.96. The lowest BCUT2D eigenvalue weighted by Crippen LogP contribution is -2.55. The summed E-state index contributed by atoms with van der Waals surface area (Å²) < 4.78 is 20.2. The predicted octanol–water partition coefficient (Wildman–Crippen LogP) is 1.75. The van der Waals surface area contributed by atoms with Crippen LogP contribution in [-0.2, 0) is 9.53 Å². The number of carbonyl (C=O) groups is 2. The molecule has 0 aliphatic rings. The zero-order valence-electron chi connectivity index (χ0n) is 15.0. The molecule has 0 aliphatic carbocycles. The number of hydrogen-bond donors (Lipinski definition) is 2. The molecule has 26 heavy (non-hydrogen) atoms. The molecule has 9 heteroatoms. The van der Waals surface area contributed by atoms with Crippen molar-refractivity contribution in [1.82, 2.24) is 20.1 Å². The molecular formula is C17H21FN4O4. The number of ether oxygens (including phenoxy) is 1. The van der Waals surface area contributed by atoms with Crippen molar-refractivity contribution in [2.24, 2.45) is 0 Å². The van der Waals surface area contributed by atoms with Gasteiger partial charge in [-0.2, -0.15) is 0 Å². The van der Waals surface area contributed by atoms with E-state index in [2.05, 4.69) is 15.4 Å². The Labute approximate surface area is 150 Å². The molecule has 8 nitrogen and oxygen atoms in total. The van der Waals surface area contributed by atoms with Crippen molar-refractivity contribution < 1.29 is 23.8 Å². The van der Waals surface area contributed by atoms with E-state index in [1.165, 1.54) is 30.8 Å². The van der Waals surface area contributed by atoms with Gasteiger partial charge in [-0.1, -0.05) is 26.0 Å². The van der Waals surface area contributed by atoms with Gasteiger partial charge >= 0.3 is 5.97 Å². The van der Waals surface area contributed by atoms with Crippen LogP contribution in [0, 0.1) is 5.82 Å². The molecule has 2 rings (SSSR count). The monoisotopic (exact) mass is 364 g/mol. The standard InChI is InChI=1S/C17H21FN4O4/c1-10(2)14-19-13(15(23)20-17(3,9-26-4)16(24)25)21-22(14)12-8-6-5-7-11(12)18/h5-8,10H,9H2,1-4H3,(H,20,23)(H,24,25). The zero-order valence-corrected chi connectivity index (χ0v) is 15.0. The molecule has 1 unspecified atom stereocenters. The number of aliphatic carboxylic acids is 1. The average Bonchev–Trinajstić information content (AvgIpc) is 3.00. The second-order valence-electron chi connectivity index (χ2n) is 6.34. The summed E-state index contributed by atoms with van der Waals surface area (Å²) in [6, 6.07) is 5.98. The highest BCUT2D eigenvalue weighted by molar-refractivity contribution is 5.95. The second kappa shape index (κ2) is 7.61. The molecule has 0 saturated carbocycles. The van der Waals surface area contributed by atoms with Crippen molar-refractivity contribution in [2.45, 2.75) is 32.2 Å². The second-order valence-corrected chi connectivity index (χ2v) is 6.34. The highest BCUT2D eigenvalue weighted by Crippen LogP contribution is 2.20. The van der Waals surface area contributed by atoms with Crippen LogP contribution >= 0.6 is 0 Å². The maximum atomic E-state index is 14.1. The number of nitrogens with one attached hydrogen (secondary N) is 1. The summed E-state index contributed by atoms with van der Waals surface area (Å²) in [4.78, 5) is 28.1. The van der Waals surface area contributed by atoms with Crippen molar-refractivity contribution in [3.05, 3.63) is 41.7 Å². The van der Waals surface area contributed by atoms with Crippen LogP contribution in [0.2, 0.25) is 0 Å². The molecule has 0 aliphatic heterocycles. The molecule has 0 saturated heterocycles. The largest absolute Gasteiger partial charge is 0.479 e. The molecule has 140 valence electrons. The normalized spacial score (nSPS) is 13.5. The van der Waals surface area contributed by atoms with E-state index in [1.807, 2.05) is 13.8 Å². The van der Waals surface area contributed by atoms with Gasteiger partial charge in [-0.25, -0.2) is 18.9 Å². The van der Waals surface area contributed by atoms with E-state index in [1.54, 1.807) is 12.1 Å². The van der Waals surface area contributed by atoms with E-state index in [-0.39, 0.29) is 24.0 Å². The first-order chi connectivity index (χ1) is 12.2. The van der Waals surface area contributed by atoms with Crippen LogP contribution in [0.4, 0.5) is 4.39 Å². The van der Waals surface area contributed by atoms with Gasteiger partial charge in [0.1, 0.15) is 17.3 Å². The minimum atomic E-state index is -1.65. The van der Waals surface area contributed by atoms with Gasteiger partial charge in [0, 0.05) is 13.0 Å². The molecule has 1 amide bonds. The lowest BCUT2D eigenvalue weighted by molar-refractivity contribution is -0.145. The average molecular weight is 364 g/mol. The third-order valence-corrected chi connectivity index (χ3v) is 3.73. The Bertz CT molecular complexity index is 821. The van der Waals surface area contributed by atoms with Crippen LogP contribution in [0.1, 0.15) is 43.1 Å². The fraction of sp³-hybridized carbons (Fsp3) is 0.412. The molecule has 2 aromatic rings. The smallest absolute Gasteiger partial charge is 0.331 e. The van der Waals surface area contributed by atoms with Gasteiger partial charge in [-0.3, -0.25) is 4.79 Å². The number of hydrogen-bond acceptors (Lipinski definition) is 5. The summed E-state index contributed by atoms with van der Waals surface area (Å²) in [5.74, 6) is -2.58. The summed E-state index contributed by atoms with van der Waals surface area (Å²) in [6.45, 7) is 4.73. The number of para-hydroxylation sites is 1. The lowest BCUT2D eigenvalue weighted by Gasteiger charge is -2.24. The molecule has 0 spiro atoms. The number of benzene rings is 1. The van der Waals surface area contributed by atoms with Gasteiger partial charge in [0.2, 0.25) is 5.82 Å². The maximum absolute atomic E-state index is 14.1. The number of methoxy groups -OCH3 is 1. The fourth-order valence-corrected chi connectivity index (χ4v) is 2.34. The lowest BCUT2D eigenvalue weighted by atomic mass is 10.0. The Morgan fingerprint density at radius 2 is 2.04 bits per heavy atom. The summed E-state index contributed by atoms with van der Waals surface area (Å²) in [5, 5.41) is 15.8. The van der Waals surface area contributed by atoms with E-state index in [9.17, 15) is 19.1 Å². The molecule has 0 radical (unpaired) electrons. The van der Waals surface area contributed by atoms with Crippen LogP contribution in [0.25, 0.3) is 5.69 Å². The molecule has 1 aromatic carbocycles. The van der Waals surface area contributed by atoms with Crippen molar-refractivity contribution in [3.63, 3.8) is 0 Å². The molecular weight excluding hydrogens is 343 g/mol. The van der Waals surface area contributed by atoms with Crippen LogP contribution in [-0.4, -0.2) is 51.0 Å². The van der Waals surface area contributed by atoms with Gasteiger partial charge in [0.15, 0.2) is 5.54 Å². The number of amides is 1. The van der Waals surface area contributed by atoms with Crippen molar-refractivity contribution in [2.75, 3.05) is 13.7 Å². The number of carboxylic acids is 1. The maximum Gasteiger partial charge on any atom is 0.331 e. The van der Waals surface area contributed by atoms with Gasteiger partial charge < -0.3 is 15.2 Å². The van der Waals surface area contributed by atoms with Crippen molar-refractivity contribution in [3.8, 4) is 5.69 Å². The van der Waals surface area contributed by atoms with Crippen LogP contribution in [0.3, 0.4) is 0 Å². The van der Waals surface area contributed by atoms with Gasteiger partial charge in [-0.15, -0.1) is 5.10 Å². The van der Waals surface area contributed by atoms with E-state index in [4.69, 9.17) is 4.74 Å². The highest BCUT2D eigenvalue weighted by Gasteiger charge is 2.36. The summed E-state index contributed by atoms with van der Waals surface area (Å²) in [5.41, 5.74) is -1.49.